The normalized spacial score (nSPS) is 14.4. The highest BCUT2D eigenvalue weighted by molar-refractivity contribution is 5.83. The van der Waals surface area contributed by atoms with Crippen molar-refractivity contribution in [3.8, 4) is 0 Å². The van der Waals surface area contributed by atoms with E-state index in [1.165, 1.54) is 6.42 Å². The standard InChI is InChI=1S/C18H26N4O3/c23-16(21-22-17(24)13-14-7-3-1-4-8-14)11-12-19-18(25)20-15-9-5-2-6-10-15/h1,3-4,7-8,15H,2,5-6,9-13H2,(H,21,23)(H,22,24)(H2,19,20,25). The van der Waals surface area contributed by atoms with Gasteiger partial charge in [0.15, 0.2) is 0 Å². The average Bonchev–Trinajstić information content (AvgIpc) is 2.62. The summed E-state index contributed by atoms with van der Waals surface area (Å²) in [5, 5.41) is 5.58. The Morgan fingerprint density at radius 2 is 1.60 bits per heavy atom. The predicted octanol–water partition coefficient (Wildman–Crippen LogP) is 1.40. The second-order valence-electron chi connectivity index (χ2n) is 6.24. The predicted molar refractivity (Wildman–Crippen MR) is 94.5 cm³/mol. The summed E-state index contributed by atoms with van der Waals surface area (Å²) in [5.74, 6) is -0.637. The molecule has 1 aromatic rings. The molecule has 0 aliphatic heterocycles. The van der Waals surface area contributed by atoms with Crippen molar-refractivity contribution < 1.29 is 14.4 Å². The number of hydrazine groups is 1. The Morgan fingerprint density at radius 1 is 0.920 bits per heavy atom. The van der Waals surface area contributed by atoms with Crippen LogP contribution in [0.15, 0.2) is 30.3 Å². The number of carbonyl (C=O) groups excluding carboxylic acids is 3. The maximum atomic E-state index is 11.7. The molecule has 2 rings (SSSR count). The van der Waals surface area contributed by atoms with Crippen LogP contribution in [0.1, 0.15) is 44.1 Å². The molecule has 0 heterocycles. The van der Waals surface area contributed by atoms with Crippen LogP contribution in [0.5, 0.6) is 0 Å². The molecule has 0 saturated heterocycles. The van der Waals surface area contributed by atoms with E-state index >= 15 is 0 Å². The van der Waals surface area contributed by atoms with Gasteiger partial charge in [0.25, 0.3) is 0 Å². The van der Waals surface area contributed by atoms with Gasteiger partial charge in [-0.25, -0.2) is 4.79 Å². The highest BCUT2D eigenvalue weighted by Gasteiger charge is 2.15. The summed E-state index contributed by atoms with van der Waals surface area (Å²) in [7, 11) is 0. The SMILES string of the molecule is O=C(CCNC(=O)NC1CCCCC1)NNC(=O)Cc1ccccc1. The number of hydrogen-bond acceptors (Lipinski definition) is 3. The second-order valence-corrected chi connectivity index (χ2v) is 6.24. The number of rotatable bonds is 6. The van der Waals surface area contributed by atoms with Crippen LogP contribution in [-0.4, -0.2) is 30.4 Å². The van der Waals surface area contributed by atoms with Gasteiger partial charge in [-0.2, -0.15) is 0 Å². The number of amides is 4. The van der Waals surface area contributed by atoms with Crippen LogP contribution in [0.2, 0.25) is 0 Å². The molecule has 136 valence electrons. The number of carbonyl (C=O) groups is 3. The molecular weight excluding hydrogens is 320 g/mol. The third kappa shape index (κ3) is 7.69. The summed E-state index contributed by atoms with van der Waals surface area (Å²) in [6.45, 7) is 0.221. The van der Waals surface area contributed by atoms with E-state index in [1.807, 2.05) is 30.3 Å². The summed E-state index contributed by atoms with van der Waals surface area (Å²) < 4.78 is 0. The molecule has 1 aliphatic carbocycles. The maximum Gasteiger partial charge on any atom is 0.315 e. The van der Waals surface area contributed by atoms with Crippen LogP contribution in [0.25, 0.3) is 0 Å². The molecule has 0 spiro atoms. The first-order valence-electron chi connectivity index (χ1n) is 8.79. The molecular formula is C18H26N4O3. The van der Waals surface area contributed by atoms with Gasteiger partial charge in [0, 0.05) is 19.0 Å². The fourth-order valence-electron chi connectivity index (χ4n) is 2.80. The molecule has 1 saturated carbocycles. The minimum Gasteiger partial charge on any atom is -0.338 e. The lowest BCUT2D eigenvalue weighted by Gasteiger charge is -2.22. The molecule has 0 aromatic heterocycles. The molecule has 1 aliphatic rings. The van der Waals surface area contributed by atoms with Gasteiger partial charge in [-0.3, -0.25) is 20.4 Å². The molecule has 0 radical (unpaired) electrons. The second kappa shape index (κ2) is 10.3. The molecule has 7 heteroatoms. The van der Waals surface area contributed by atoms with Gasteiger partial charge >= 0.3 is 6.03 Å². The van der Waals surface area contributed by atoms with Crippen LogP contribution >= 0.6 is 0 Å². The zero-order chi connectivity index (χ0) is 17.9. The zero-order valence-corrected chi connectivity index (χ0v) is 14.3. The van der Waals surface area contributed by atoms with E-state index in [1.54, 1.807) is 0 Å². The molecule has 1 fully saturated rings. The highest BCUT2D eigenvalue weighted by Crippen LogP contribution is 2.17. The fraction of sp³-hybridized carbons (Fsp3) is 0.500. The lowest BCUT2D eigenvalue weighted by Crippen LogP contribution is -2.45. The summed E-state index contributed by atoms with van der Waals surface area (Å²) in [6, 6.07) is 9.26. The zero-order valence-electron chi connectivity index (χ0n) is 14.3. The Labute approximate surface area is 147 Å². The van der Waals surface area contributed by atoms with Crippen molar-refractivity contribution in [2.24, 2.45) is 0 Å². The Balaban J connectivity index is 1.54. The monoisotopic (exact) mass is 346 g/mol. The van der Waals surface area contributed by atoms with Gasteiger partial charge in [-0.15, -0.1) is 0 Å². The van der Waals surface area contributed by atoms with Crippen LogP contribution < -0.4 is 21.5 Å². The first-order chi connectivity index (χ1) is 12.1. The van der Waals surface area contributed by atoms with E-state index in [0.717, 1.165) is 31.2 Å². The maximum absolute atomic E-state index is 11.7. The van der Waals surface area contributed by atoms with Crippen molar-refractivity contribution in [2.75, 3.05) is 6.54 Å². The van der Waals surface area contributed by atoms with Crippen molar-refractivity contribution in [3.05, 3.63) is 35.9 Å². The Hall–Kier alpha value is -2.57. The third-order valence-electron chi connectivity index (χ3n) is 4.13. The molecule has 0 bridgehead atoms. The van der Waals surface area contributed by atoms with Gasteiger partial charge in [0.1, 0.15) is 0 Å². The van der Waals surface area contributed by atoms with Crippen LogP contribution in [0, 0.1) is 0 Å². The van der Waals surface area contributed by atoms with E-state index in [4.69, 9.17) is 0 Å². The summed E-state index contributed by atoms with van der Waals surface area (Å²) >= 11 is 0. The lowest BCUT2D eigenvalue weighted by molar-refractivity contribution is -0.128. The van der Waals surface area contributed by atoms with E-state index < -0.39 is 0 Å². The molecule has 1 aromatic carbocycles. The van der Waals surface area contributed by atoms with Gasteiger partial charge in [0.2, 0.25) is 11.8 Å². The van der Waals surface area contributed by atoms with Crippen LogP contribution in [0.3, 0.4) is 0 Å². The summed E-state index contributed by atoms with van der Waals surface area (Å²) in [5.41, 5.74) is 5.59. The van der Waals surface area contributed by atoms with E-state index in [2.05, 4.69) is 21.5 Å². The lowest BCUT2D eigenvalue weighted by atomic mass is 9.96. The number of urea groups is 1. The molecule has 25 heavy (non-hydrogen) atoms. The highest BCUT2D eigenvalue weighted by atomic mass is 16.2. The van der Waals surface area contributed by atoms with Crippen molar-refractivity contribution >= 4 is 17.8 Å². The minimum absolute atomic E-state index is 0.101. The number of benzene rings is 1. The van der Waals surface area contributed by atoms with E-state index in [9.17, 15) is 14.4 Å². The van der Waals surface area contributed by atoms with Crippen molar-refractivity contribution in [2.45, 2.75) is 51.0 Å². The first-order valence-corrected chi connectivity index (χ1v) is 8.79. The Kier molecular flexibility index (Phi) is 7.75. The molecule has 4 amide bonds. The van der Waals surface area contributed by atoms with Crippen molar-refractivity contribution in [1.82, 2.24) is 21.5 Å². The number of hydrogen-bond donors (Lipinski definition) is 4. The third-order valence-corrected chi connectivity index (χ3v) is 4.13. The van der Waals surface area contributed by atoms with Gasteiger partial charge in [-0.05, 0) is 18.4 Å². The molecule has 0 atom stereocenters. The largest absolute Gasteiger partial charge is 0.338 e. The minimum atomic E-state index is -0.348. The molecule has 7 nitrogen and oxygen atoms in total. The van der Waals surface area contributed by atoms with Crippen LogP contribution in [-0.2, 0) is 16.0 Å². The number of nitrogens with one attached hydrogen (secondary N) is 4. The average molecular weight is 346 g/mol. The topological polar surface area (TPSA) is 99.3 Å². The quantitative estimate of drug-likeness (QED) is 0.586. The fourth-order valence-corrected chi connectivity index (χ4v) is 2.80. The van der Waals surface area contributed by atoms with Crippen LogP contribution in [0.4, 0.5) is 4.79 Å². The van der Waals surface area contributed by atoms with E-state index in [-0.39, 0.29) is 43.3 Å². The van der Waals surface area contributed by atoms with Crippen molar-refractivity contribution in [3.63, 3.8) is 0 Å². The summed E-state index contributed by atoms with van der Waals surface area (Å²) in [6.07, 6.45) is 5.86. The van der Waals surface area contributed by atoms with Gasteiger partial charge in [0.05, 0.1) is 6.42 Å². The summed E-state index contributed by atoms with van der Waals surface area (Å²) in [4.78, 5) is 35.1. The smallest absolute Gasteiger partial charge is 0.315 e. The Morgan fingerprint density at radius 3 is 2.32 bits per heavy atom. The van der Waals surface area contributed by atoms with Gasteiger partial charge in [-0.1, -0.05) is 49.6 Å². The Bertz CT molecular complexity index is 571. The van der Waals surface area contributed by atoms with Crippen molar-refractivity contribution in [1.29, 1.82) is 0 Å². The first kappa shape index (κ1) is 18.8. The van der Waals surface area contributed by atoms with E-state index in [0.29, 0.717) is 0 Å². The molecule has 0 unspecified atom stereocenters. The molecule has 4 N–H and O–H groups in total. The van der Waals surface area contributed by atoms with Gasteiger partial charge < -0.3 is 10.6 Å².